The molecule has 1 heterocycles. The highest BCUT2D eigenvalue weighted by Crippen LogP contribution is 2.30. The zero-order valence-corrected chi connectivity index (χ0v) is 15.3. The van der Waals surface area contributed by atoms with Crippen molar-refractivity contribution in [1.82, 2.24) is 0 Å². The maximum absolute atomic E-state index is 12.6. The summed E-state index contributed by atoms with van der Waals surface area (Å²) in [6.45, 7) is 3.87. The van der Waals surface area contributed by atoms with E-state index < -0.39 is 10.8 Å². The van der Waals surface area contributed by atoms with Gasteiger partial charge in [-0.3, -0.25) is 19.7 Å². The van der Waals surface area contributed by atoms with Gasteiger partial charge in [0.1, 0.15) is 0 Å². The molecule has 7 nitrogen and oxygen atoms in total. The summed E-state index contributed by atoms with van der Waals surface area (Å²) in [5.41, 5.74) is 2.72. The third kappa shape index (κ3) is 3.81. The first kappa shape index (κ1) is 18.6. The molecule has 7 heteroatoms. The van der Waals surface area contributed by atoms with Gasteiger partial charge in [0.2, 0.25) is 11.8 Å². The van der Waals surface area contributed by atoms with Crippen LogP contribution in [0.15, 0.2) is 42.5 Å². The molecule has 0 aliphatic carbocycles. The molecule has 1 saturated heterocycles. The number of hydrogen-bond donors (Lipinski definition) is 1. The number of nitrogens with zero attached hydrogens (tertiary/aromatic N) is 2. The fourth-order valence-corrected chi connectivity index (χ4v) is 3.28. The lowest BCUT2D eigenvalue weighted by Gasteiger charge is -2.17. The van der Waals surface area contributed by atoms with Crippen molar-refractivity contribution in [3.8, 4) is 0 Å². The molecular formula is C20H21N3O4. The number of carbonyl (C=O) groups excluding carboxylic acids is 2. The first-order valence-electron chi connectivity index (χ1n) is 8.85. The summed E-state index contributed by atoms with van der Waals surface area (Å²) in [4.78, 5) is 37.2. The summed E-state index contributed by atoms with van der Waals surface area (Å²) in [7, 11) is 0. The lowest BCUT2D eigenvalue weighted by molar-refractivity contribution is -0.385. The summed E-state index contributed by atoms with van der Waals surface area (Å²) >= 11 is 0. The average molecular weight is 367 g/mol. The molecular weight excluding hydrogens is 346 g/mol. The van der Waals surface area contributed by atoms with Crippen LogP contribution in [0.25, 0.3) is 0 Å². The predicted octanol–water partition coefficient (Wildman–Crippen LogP) is 3.46. The van der Waals surface area contributed by atoms with Crippen LogP contribution in [-0.2, 0) is 16.0 Å². The van der Waals surface area contributed by atoms with Gasteiger partial charge >= 0.3 is 0 Å². The van der Waals surface area contributed by atoms with E-state index in [4.69, 9.17) is 0 Å². The number of hydrogen-bond acceptors (Lipinski definition) is 4. The molecule has 1 N–H and O–H groups in total. The maximum Gasteiger partial charge on any atom is 0.274 e. The Morgan fingerprint density at radius 2 is 2.04 bits per heavy atom. The van der Waals surface area contributed by atoms with Crippen molar-refractivity contribution in [1.29, 1.82) is 0 Å². The Kier molecular flexibility index (Phi) is 5.21. The van der Waals surface area contributed by atoms with Crippen LogP contribution in [0.3, 0.4) is 0 Å². The minimum atomic E-state index is -0.497. The Labute approximate surface area is 157 Å². The molecule has 140 valence electrons. The highest BCUT2D eigenvalue weighted by atomic mass is 16.6. The second-order valence-corrected chi connectivity index (χ2v) is 6.63. The van der Waals surface area contributed by atoms with Crippen LogP contribution < -0.4 is 10.2 Å². The van der Waals surface area contributed by atoms with Crippen LogP contribution in [0.1, 0.15) is 24.5 Å². The van der Waals surface area contributed by atoms with Gasteiger partial charge in [-0.25, -0.2) is 0 Å². The van der Waals surface area contributed by atoms with Crippen molar-refractivity contribution in [3.05, 3.63) is 63.7 Å². The summed E-state index contributed by atoms with van der Waals surface area (Å²) < 4.78 is 0. The highest BCUT2D eigenvalue weighted by molar-refractivity contribution is 6.03. The summed E-state index contributed by atoms with van der Waals surface area (Å²) in [5.74, 6) is -0.923. The molecule has 2 aromatic rings. The number of nitro groups is 1. The van der Waals surface area contributed by atoms with Gasteiger partial charge in [0.05, 0.1) is 16.5 Å². The molecule has 0 unspecified atom stereocenters. The molecule has 0 aromatic heterocycles. The minimum Gasteiger partial charge on any atom is -0.326 e. The normalized spacial score (nSPS) is 16.4. The number of benzene rings is 2. The van der Waals surface area contributed by atoms with Crippen molar-refractivity contribution in [2.45, 2.75) is 26.7 Å². The SMILES string of the molecule is CCc1ccccc1NC(=O)[C@H]1CC(=O)N(c2ccc(C)c([N+](=O)[O-])c2)C1. The number of nitro benzene ring substituents is 1. The van der Waals surface area contributed by atoms with Gasteiger partial charge in [-0.2, -0.15) is 0 Å². The van der Waals surface area contributed by atoms with Crippen LogP contribution in [0.2, 0.25) is 0 Å². The molecule has 3 rings (SSSR count). The van der Waals surface area contributed by atoms with Crippen molar-refractivity contribution in [3.63, 3.8) is 0 Å². The van der Waals surface area contributed by atoms with E-state index in [-0.39, 0.29) is 30.5 Å². The Hall–Kier alpha value is -3.22. The number of nitrogens with one attached hydrogen (secondary N) is 1. The quantitative estimate of drug-likeness (QED) is 0.647. The molecule has 1 aliphatic rings. The molecule has 0 bridgehead atoms. The lowest BCUT2D eigenvalue weighted by Crippen LogP contribution is -2.28. The van der Waals surface area contributed by atoms with Gasteiger partial charge in [-0.1, -0.05) is 31.2 Å². The highest BCUT2D eigenvalue weighted by Gasteiger charge is 2.36. The van der Waals surface area contributed by atoms with Gasteiger partial charge in [0, 0.05) is 30.3 Å². The smallest absolute Gasteiger partial charge is 0.274 e. The number of anilines is 2. The molecule has 2 aromatic carbocycles. The number of rotatable bonds is 5. The van der Waals surface area contributed by atoms with Gasteiger partial charge < -0.3 is 10.2 Å². The molecule has 0 radical (unpaired) electrons. The van der Waals surface area contributed by atoms with Crippen LogP contribution in [0, 0.1) is 23.0 Å². The van der Waals surface area contributed by atoms with E-state index in [1.165, 1.54) is 11.0 Å². The van der Waals surface area contributed by atoms with Crippen LogP contribution in [-0.4, -0.2) is 23.3 Å². The lowest BCUT2D eigenvalue weighted by atomic mass is 10.1. The van der Waals surface area contributed by atoms with Crippen molar-refractivity contribution < 1.29 is 14.5 Å². The maximum atomic E-state index is 12.6. The van der Waals surface area contributed by atoms with E-state index in [1.54, 1.807) is 19.1 Å². The van der Waals surface area contributed by atoms with E-state index in [2.05, 4.69) is 5.32 Å². The second-order valence-electron chi connectivity index (χ2n) is 6.63. The third-order valence-electron chi connectivity index (χ3n) is 4.85. The van der Waals surface area contributed by atoms with E-state index in [0.29, 0.717) is 11.3 Å². The van der Waals surface area contributed by atoms with Crippen LogP contribution in [0.5, 0.6) is 0 Å². The fourth-order valence-electron chi connectivity index (χ4n) is 3.28. The van der Waals surface area contributed by atoms with E-state index in [0.717, 1.165) is 17.7 Å². The first-order valence-corrected chi connectivity index (χ1v) is 8.85. The number of para-hydroxylation sites is 1. The van der Waals surface area contributed by atoms with Crippen molar-refractivity contribution in [2.24, 2.45) is 5.92 Å². The average Bonchev–Trinajstić information content (AvgIpc) is 3.04. The fraction of sp³-hybridized carbons (Fsp3) is 0.300. The molecule has 2 amide bonds. The van der Waals surface area contributed by atoms with Gasteiger partial charge in [0.15, 0.2) is 0 Å². The van der Waals surface area contributed by atoms with Crippen LogP contribution >= 0.6 is 0 Å². The summed E-state index contributed by atoms with van der Waals surface area (Å²) in [6.07, 6.45) is 0.876. The molecule has 1 atom stereocenters. The third-order valence-corrected chi connectivity index (χ3v) is 4.85. The Balaban J connectivity index is 1.76. The molecule has 0 saturated carbocycles. The monoisotopic (exact) mass is 367 g/mol. The molecule has 1 fully saturated rings. The predicted molar refractivity (Wildman–Crippen MR) is 103 cm³/mol. The van der Waals surface area contributed by atoms with Crippen LogP contribution in [0.4, 0.5) is 17.1 Å². The Bertz CT molecular complexity index is 910. The number of carbonyl (C=O) groups is 2. The minimum absolute atomic E-state index is 0.0370. The Morgan fingerprint density at radius 1 is 1.30 bits per heavy atom. The molecule has 0 spiro atoms. The number of amides is 2. The summed E-state index contributed by atoms with van der Waals surface area (Å²) in [6, 6.07) is 12.2. The molecule has 1 aliphatic heterocycles. The van der Waals surface area contributed by atoms with E-state index >= 15 is 0 Å². The topological polar surface area (TPSA) is 92.6 Å². The Morgan fingerprint density at radius 3 is 2.74 bits per heavy atom. The number of aryl methyl sites for hydroxylation is 2. The standard InChI is InChI=1S/C20H21N3O4/c1-3-14-6-4-5-7-17(14)21-20(25)15-10-19(24)22(12-15)16-9-8-13(2)18(11-16)23(26)27/h4-9,11,15H,3,10,12H2,1-2H3,(H,21,25)/t15-/m0/s1. The van der Waals surface area contributed by atoms with Gasteiger partial charge in [-0.15, -0.1) is 0 Å². The van der Waals surface area contributed by atoms with Crippen molar-refractivity contribution >= 4 is 28.9 Å². The molecule has 27 heavy (non-hydrogen) atoms. The van der Waals surface area contributed by atoms with Crippen molar-refractivity contribution in [2.75, 3.05) is 16.8 Å². The van der Waals surface area contributed by atoms with Gasteiger partial charge in [-0.05, 0) is 31.0 Å². The van der Waals surface area contributed by atoms with E-state index in [9.17, 15) is 19.7 Å². The largest absolute Gasteiger partial charge is 0.326 e. The van der Waals surface area contributed by atoms with E-state index in [1.807, 2.05) is 31.2 Å². The first-order chi connectivity index (χ1) is 12.9. The zero-order chi connectivity index (χ0) is 19.6. The zero-order valence-electron chi connectivity index (χ0n) is 15.3. The van der Waals surface area contributed by atoms with Gasteiger partial charge in [0.25, 0.3) is 5.69 Å². The second kappa shape index (κ2) is 7.57. The summed E-state index contributed by atoms with van der Waals surface area (Å²) in [5, 5.41) is 14.1.